The van der Waals surface area contributed by atoms with Crippen LogP contribution in [-0.2, 0) is 16.0 Å². The summed E-state index contributed by atoms with van der Waals surface area (Å²) in [6.07, 6.45) is 2.53. The van der Waals surface area contributed by atoms with Crippen LogP contribution in [0.1, 0.15) is 18.4 Å². The Morgan fingerprint density at radius 3 is 2.61 bits per heavy atom. The fourth-order valence-corrected chi connectivity index (χ4v) is 2.24. The van der Waals surface area contributed by atoms with Crippen molar-refractivity contribution in [2.24, 2.45) is 5.73 Å². The minimum Gasteiger partial charge on any atom is -0.381 e. The molecular formula is C14H20N2O2. The Morgan fingerprint density at radius 2 is 2.00 bits per heavy atom. The summed E-state index contributed by atoms with van der Waals surface area (Å²) >= 11 is 0. The van der Waals surface area contributed by atoms with Crippen LogP contribution >= 0.6 is 0 Å². The molecule has 0 aromatic heterocycles. The highest BCUT2D eigenvalue weighted by atomic mass is 16.5. The smallest absolute Gasteiger partial charge is 0.234 e. The zero-order chi connectivity index (χ0) is 12.8. The van der Waals surface area contributed by atoms with E-state index in [0.717, 1.165) is 31.6 Å². The van der Waals surface area contributed by atoms with Gasteiger partial charge in [0.2, 0.25) is 5.91 Å². The highest BCUT2D eigenvalue weighted by molar-refractivity contribution is 5.80. The third-order valence-electron chi connectivity index (χ3n) is 3.28. The third kappa shape index (κ3) is 3.82. The Bertz CT molecular complexity index is 375. The predicted octanol–water partition coefficient (Wildman–Crippen LogP) is 0.852. The van der Waals surface area contributed by atoms with E-state index in [2.05, 4.69) is 5.32 Å². The fraction of sp³-hybridized carbons (Fsp3) is 0.500. The van der Waals surface area contributed by atoms with Gasteiger partial charge in [0.05, 0.1) is 6.04 Å². The first-order chi connectivity index (χ1) is 8.75. The molecule has 1 aliphatic heterocycles. The zero-order valence-corrected chi connectivity index (χ0v) is 10.5. The van der Waals surface area contributed by atoms with Gasteiger partial charge in [0, 0.05) is 19.3 Å². The number of hydrogen-bond acceptors (Lipinski definition) is 3. The third-order valence-corrected chi connectivity index (χ3v) is 3.28. The first-order valence-electron chi connectivity index (χ1n) is 6.43. The van der Waals surface area contributed by atoms with Gasteiger partial charge in [0.1, 0.15) is 0 Å². The molecule has 1 heterocycles. The minimum atomic E-state index is -0.296. The number of rotatable bonds is 5. The van der Waals surface area contributed by atoms with Gasteiger partial charge in [-0.1, -0.05) is 30.3 Å². The van der Waals surface area contributed by atoms with Crippen molar-refractivity contribution in [3.8, 4) is 0 Å². The molecule has 1 atom stereocenters. The maximum Gasteiger partial charge on any atom is 0.234 e. The molecule has 1 amide bonds. The van der Waals surface area contributed by atoms with Gasteiger partial charge in [-0.3, -0.25) is 4.79 Å². The Kier molecular flexibility index (Phi) is 4.73. The van der Waals surface area contributed by atoms with E-state index < -0.39 is 0 Å². The van der Waals surface area contributed by atoms with Crippen molar-refractivity contribution in [1.82, 2.24) is 5.32 Å². The first-order valence-corrected chi connectivity index (χ1v) is 6.43. The lowest BCUT2D eigenvalue weighted by Gasteiger charge is -2.27. The van der Waals surface area contributed by atoms with E-state index in [9.17, 15) is 4.79 Å². The standard InChI is InChI=1S/C14H20N2O2/c15-14(17)13(10-11-4-2-1-3-5-11)16-12-6-8-18-9-7-12/h1-5,12-13,16H,6-10H2,(H2,15,17)/t13-/m0/s1. The Balaban J connectivity index is 1.93. The summed E-state index contributed by atoms with van der Waals surface area (Å²) in [6, 6.07) is 9.98. The second-order valence-electron chi connectivity index (χ2n) is 4.70. The van der Waals surface area contributed by atoms with Gasteiger partial charge in [-0.2, -0.15) is 0 Å². The number of carbonyl (C=O) groups is 1. The van der Waals surface area contributed by atoms with E-state index in [1.165, 1.54) is 0 Å². The average molecular weight is 248 g/mol. The van der Waals surface area contributed by atoms with Crippen molar-refractivity contribution >= 4 is 5.91 Å². The summed E-state index contributed by atoms with van der Waals surface area (Å²) in [7, 11) is 0. The van der Waals surface area contributed by atoms with Crippen LogP contribution in [0, 0.1) is 0 Å². The molecule has 0 saturated carbocycles. The minimum absolute atomic E-state index is 0.287. The van der Waals surface area contributed by atoms with Crippen molar-refractivity contribution in [3.63, 3.8) is 0 Å². The van der Waals surface area contributed by atoms with Crippen molar-refractivity contribution in [3.05, 3.63) is 35.9 Å². The summed E-state index contributed by atoms with van der Waals surface area (Å²) in [5, 5.41) is 3.35. The molecule has 0 bridgehead atoms. The average Bonchev–Trinajstić information content (AvgIpc) is 2.40. The van der Waals surface area contributed by atoms with Gasteiger partial charge in [-0.15, -0.1) is 0 Å². The number of nitrogens with two attached hydrogens (primary N) is 1. The predicted molar refractivity (Wildman–Crippen MR) is 70.1 cm³/mol. The lowest BCUT2D eigenvalue weighted by molar-refractivity contribution is -0.120. The van der Waals surface area contributed by atoms with E-state index >= 15 is 0 Å². The summed E-state index contributed by atoms with van der Waals surface area (Å²) in [5.74, 6) is -0.287. The van der Waals surface area contributed by atoms with Crippen LogP contribution in [0.15, 0.2) is 30.3 Å². The van der Waals surface area contributed by atoms with Crippen molar-refractivity contribution in [1.29, 1.82) is 0 Å². The number of amides is 1. The molecule has 1 aliphatic rings. The van der Waals surface area contributed by atoms with Crippen LogP contribution in [-0.4, -0.2) is 31.2 Å². The molecule has 0 radical (unpaired) electrons. The highest BCUT2D eigenvalue weighted by Gasteiger charge is 2.21. The summed E-state index contributed by atoms with van der Waals surface area (Å²) in [4.78, 5) is 11.5. The summed E-state index contributed by atoms with van der Waals surface area (Å²) in [5.41, 5.74) is 6.59. The molecule has 1 aromatic carbocycles. The van der Waals surface area contributed by atoms with Gasteiger partial charge in [0.25, 0.3) is 0 Å². The Hall–Kier alpha value is -1.39. The van der Waals surface area contributed by atoms with Crippen LogP contribution in [0.2, 0.25) is 0 Å². The maximum atomic E-state index is 11.5. The lowest BCUT2D eigenvalue weighted by Crippen LogP contribution is -2.49. The molecule has 3 N–H and O–H groups in total. The normalized spacial score (nSPS) is 18.4. The monoisotopic (exact) mass is 248 g/mol. The van der Waals surface area contributed by atoms with Gasteiger partial charge >= 0.3 is 0 Å². The molecule has 98 valence electrons. The lowest BCUT2D eigenvalue weighted by atomic mass is 10.0. The number of benzene rings is 1. The Labute approximate surface area is 108 Å². The van der Waals surface area contributed by atoms with Gasteiger partial charge in [-0.25, -0.2) is 0 Å². The van der Waals surface area contributed by atoms with Crippen LogP contribution < -0.4 is 11.1 Å². The van der Waals surface area contributed by atoms with Crippen molar-refractivity contribution in [2.75, 3.05) is 13.2 Å². The molecule has 18 heavy (non-hydrogen) atoms. The second-order valence-corrected chi connectivity index (χ2v) is 4.70. The quantitative estimate of drug-likeness (QED) is 0.812. The van der Waals surface area contributed by atoms with E-state index in [1.807, 2.05) is 30.3 Å². The Morgan fingerprint density at radius 1 is 1.33 bits per heavy atom. The molecular weight excluding hydrogens is 228 g/mol. The summed E-state index contributed by atoms with van der Waals surface area (Å²) < 4.78 is 5.30. The molecule has 1 fully saturated rings. The van der Waals surface area contributed by atoms with E-state index in [1.54, 1.807) is 0 Å². The van der Waals surface area contributed by atoms with Crippen LogP contribution in [0.4, 0.5) is 0 Å². The molecule has 1 aromatic rings. The maximum absolute atomic E-state index is 11.5. The van der Waals surface area contributed by atoms with Crippen LogP contribution in [0.3, 0.4) is 0 Å². The zero-order valence-electron chi connectivity index (χ0n) is 10.5. The molecule has 0 spiro atoms. The molecule has 4 nitrogen and oxygen atoms in total. The molecule has 0 aliphatic carbocycles. The van der Waals surface area contributed by atoms with Crippen molar-refractivity contribution < 1.29 is 9.53 Å². The SMILES string of the molecule is NC(=O)[C@H](Cc1ccccc1)NC1CCOCC1. The summed E-state index contributed by atoms with van der Waals surface area (Å²) in [6.45, 7) is 1.52. The number of hydrogen-bond donors (Lipinski definition) is 2. The molecule has 1 saturated heterocycles. The van der Waals surface area contributed by atoms with E-state index in [-0.39, 0.29) is 11.9 Å². The molecule has 4 heteroatoms. The first kappa shape index (κ1) is 13.1. The van der Waals surface area contributed by atoms with Gasteiger partial charge in [-0.05, 0) is 24.8 Å². The number of primary amides is 1. The highest BCUT2D eigenvalue weighted by Crippen LogP contribution is 2.09. The second kappa shape index (κ2) is 6.52. The molecule has 2 rings (SSSR count). The molecule has 0 unspecified atom stereocenters. The van der Waals surface area contributed by atoms with Gasteiger partial charge in [0.15, 0.2) is 0 Å². The van der Waals surface area contributed by atoms with Crippen molar-refractivity contribution in [2.45, 2.75) is 31.3 Å². The number of nitrogens with one attached hydrogen (secondary N) is 1. The number of ether oxygens (including phenoxy) is 1. The van der Waals surface area contributed by atoms with Crippen LogP contribution in [0.5, 0.6) is 0 Å². The van der Waals surface area contributed by atoms with E-state index in [0.29, 0.717) is 12.5 Å². The largest absolute Gasteiger partial charge is 0.381 e. The number of carbonyl (C=O) groups excluding carboxylic acids is 1. The van der Waals surface area contributed by atoms with E-state index in [4.69, 9.17) is 10.5 Å². The van der Waals surface area contributed by atoms with Crippen LogP contribution in [0.25, 0.3) is 0 Å². The topological polar surface area (TPSA) is 64.4 Å². The van der Waals surface area contributed by atoms with Gasteiger partial charge < -0.3 is 15.8 Å². The fourth-order valence-electron chi connectivity index (χ4n) is 2.24.